The number of methoxy groups -OCH3 is 1. The Morgan fingerprint density at radius 2 is 1.90 bits per heavy atom. The molecule has 0 aliphatic carbocycles. The Labute approximate surface area is 122 Å². The summed E-state index contributed by atoms with van der Waals surface area (Å²) in [6.45, 7) is 0.479. The second kappa shape index (κ2) is 5.71. The van der Waals surface area contributed by atoms with Gasteiger partial charge in [-0.05, 0) is 17.7 Å². The quantitative estimate of drug-likeness (QED) is 0.744. The molecule has 0 aliphatic heterocycles. The van der Waals surface area contributed by atoms with Crippen molar-refractivity contribution in [3.8, 4) is 5.75 Å². The number of esters is 1. The Morgan fingerprint density at radius 3 is 2.67 bits per heavy atom. The van der Waals surface area contributed by atoms with Gasteiger partial charge in [0, 0.05) is 5.39 Å². The van der Waals surface area contributed by atoms with Gasteiger partial charge in [0.05, 0.1) is 12.6 Å². The summed E-state index contributed by atoms with van der Waals surface area (Å²) in [5.74, 6) is 0.326. The van der Waals surface area contributed by atoms with E-state index in [1.807, 2.05) is 48.5 Å². The van der Waals surface area contributed by atoms with Crippen molar-refractivity contribution in [2.45, 2.75) is 6.61 Å². The van der Waals surface area contributed by atoms with E-state index in [4.69, 9.17) is 9.47 Å². The van der Waals surface area contributed by atoms with E-state index >= 15 is 0 Å². The highest BCUT2D eigenvalue weighted by Gasteiger charge is 2.12. The van der Waals surface area contributed by atoms with Crippen molar-refractivity contribution in [2.24, 2.45) is 0 Å². The number of carbonyl (C=O) groups is 1. The number of ether oxygens (including phenoxy) is 2. The first-order valence-electron chi connectivity index (χ1n) is 6.64. The van der Waals surface area contributed by atoms with Gasteiger partial charge in [-0.3, -0.25) is 0 Å². The molecule has 2 aromatic carbocycles. The fourth-order valence-electron chi connectivity index (χ4n) is 2.20. The molecule has 0 atom stereocenters. The summed E-state index contributed by atoms with van der Waals surface area (Å²) in [5, 5.41) is 0.918. The molecule has 3 aromatic rings. The Balaban J connectivity index is 1.88. The summed E-state index contributed by atoms with van der Waals surface area (Å²) in [5.41, 5.74) is 2.31. The minimum absolute atomic E-state index is 0.389. The van der Waals surface area contributed by atoms with Crippen LogP contribution >= 0.6 is 0 Å². The lowest BCUT2D eigenvalue weighted by Gasteiger charge is -2.07. The highest BCUT2D eigenvalue weighted by molar-refractivity contribution is 5.96. The topological polar surface area (TPSA) is 51.3 Å². The number of hydrogen-bond acceptors (Lipinski definition) is 3. The van der Waals surface area contributed by atoms with Gasteiger partial charge in [0.25, 0.3) is 0 Å². The standard InChI is InChI=1S/C17H15NO3/c1-20-17(19)14-10-13-8-5-9-15(16(13)18-14)21-11-12-6-3-2-4-7-12/h2-10,18H,11H2,1H3. The zero-order valence-corrected chi connectivity index (χ0v) is 11.6. The molecule has 0 bridgehead atoms. The number of aromatic nitrogens is 1. The molecule has 0 amide bonds. The van der Waals surface area contributed by atoms with E-state index in [2.05, 4.69) is 4.98 Å². The molecule has 106 valence electrons. The number of hydrogen-bond donors (Lipinski definition) is 1. The number of H-pyrrole nitrogens is 1. The average molecular weight is 281 g/mol. The van der Waals surface area contributed by atoms with Gasteiger partial charge in [-0.15, -0.1) is 0 Å². The van der Waals surface area contributed by atoms with E-state index in [0.29, 0.717) is 18.1 Å². The van der Waals surface area contributed by atoms with Gasteiger partial charge in [-0.1, -0.05) is 42.5 Å². The lowest BCUT2D eigenvalue weighted by molar-refractivity contribution is 0.0595. The molecule has 0 spiro atoms. The van der Waals surface area contributed by atoms with Crippen LogP contribution in [0.3, 0.4) is 0 Å². The molecule has 1 heterocycles. The van der Waals surface area contributed by atoms with Crippen LogP contribution < -0.4 is 4.74 Å². The minimum atomic E-state index is -0.389. The summed E-state index contributed by atoms with van der Waals surface area (Å²) < 4.78 is 10.6. The van der Waals surface area contributed by atoms with Crippen LogP contribution in [-0.2, 0) is 11.3 Å². The van der Waals surface area contributed by atoms with Crippen molar-refractivity contribution in [2.75, 3.05) is 7.11 Å². The maximum atomic E-state index is 11.6. The maximum Gasteiger partial charge on any atom is 0.354 e. The predicted molar refractivity (Wildman–Crippen MR) is 80.4 cm³/mol. The summed E-state index contributed by atoms with van der Waals surface area (Å²) >= 11 is 0. The second-order valence-corrected chi connectivity index (χ2v) is 4.67. The molecule has 0 aliphatic rings. The molecule has 0 fully saturated rings. The molecule has 0 unspecified atom stereocenters. The van der Waals surface area contributed by atoms with Crippen molar-refractivity contribution < 1.29 is 14.3 Å². The smallest absolute Gasteiger partial charge is 0.354 e. The minimum Gasteiger partial charge on any atom is -0.487 e. The van der Waals surface area contributed by atoms with E-state index < -0.39 is 0 Å². The summed E-state index contributed by atoms with van der Waals surface area (Å²) in [6, 6.07) is 17.4. The molecule has 0 radical (unpaired) electrons. The van der Waals surface area contributed by atoms with Crippen molar-refractivity contribution in [1.29, 1.82) is 0 Å². The molecule has 1 aromatic heterocycles. The van der Waals surface area contributed by atoms with E-state index in [9.17, 15) is 4.79 Å². The Kier molecular flexibility index (Phi) is 3.60. The number of carbonyl (C=O) groups excluding carboxylic acids is 1. The van der Waals surface area contributed by atoms with Gasteiger partial charge < -0.3 is 14.5 Å². The number of fused-ring (bicyclic) bond motifs is 1. The van der Waals surface area contributed by atoms with E-state index in [-0.39, 0.29) is 5.97 Å². The largest absolute Gasteiger partial charge is 0.487 e. The lowest BCUT2D eigenvalue weighted by Crippen LogP contribution is -2.00. The number of para-hydroxylation sites is 1. The van der Waals surface area contributed by atoms with E-state index in [1.165, 1.54) is 7.11 Å². The van der Waals surface area contributed by atoms with Crippen LogP contribution in [0, 0.1) is 0 Å². The highest BCUT2D eigenvalue weighted by Crippen LogP contribution is 2.26. The second-order valence-electron chi connectivity index (χ2n) is 4.67. The van der Waals surface area contributed by atoms with Crippen LogP contribution in [0.1, 0.15) is 16.1 Å². The lowest BCUT2D eigenvalue weighted by atomic mass is 10.2. The van der Waals surface area contributed by atoms with Gasteiger partial charge >= 0.3 is 5.97 Å². The van der Waals surface area contributed by atoms with Gasteiger partial charge in [-0.2, -0.15) is 0 Å². The van der Waals surface area contributed by atoms with Crippen molar-refractivity contribution >= 4 is 16.9 Å². The first kappa shape index (κ1) is 13.2. The maximum absolute atomic E-state index is 11.6. The third-order valence-corrected chi connectivity index (χ3v) is 3.26. The van der Waals surface area contributed by atoms with Crippen LogP contribution in [0.4, 0.5) is 0 Å². The first-order valence-corrected chi connectivity index (χ1v) is 6.64. The fourth-order valence-corrected chi connectivity index (χ4v) is 2.20. The normalized spacial score (nSPS) is 10.5. The Hall–Kier alpha value is -2.75. The van der Waals surface area contributed by atoms with Crippen molar-refractivity contribution in [3.05, 3.63) is 65.9 Å². The third kappa shape index (κ3) is 2.74. The van der Waals surface area contributed by atoms with Crippen molar-refractivity contribution in [3.63, 3.8) is 0 Å². The zero-order chi connectivity index (χ0) is 14.7. The molecule has 3 rings (SSSR count). The number of rotatable bonds is 4. The van der Waals surface area contributed by atoms with Crippen LogP contribution in [0.25, 0.3) is 10.9 Å². The number of nitrogens with one attached hydrogen (secondary N) is 1. The van der Waals surface area contributed by atoms with Crippen LogP contribution in [0.2, 0.25) is 0 Å². The molecule has 0 saturated heterocycles. The zero-order valence-electron chi connectivity index (χ0n) is 11.6. The molecular weight excluding hydrogens is 266 g/mol. The Bertz CT molecular complexity index is 762. The fraction of sp³-hybridized carbons (Fsp3) is 0.118. The monoisotopic (exact) mass is 281 g/mol. The van der Waals surface area contributed by atoms with Crippen molar-refractivity contribution in [1.82, 2.24) is 4.98 Å². The molecule has 21 heavy (non-hydrogen) atoms. The molecular formula is C17H15NO3. The molecule has 4 nitrogen and oxygen atoms in total. The third-order valence-electron chi connectivity index (χ3n) is 3.26. The summed E-state index contributed by atoms with van der Waals surface area (Å²) in [7, 11) is 1.36. The predicted octanol–water partition coefficient (Wildman–Crippen LogP) is 3.53. The summed E-state index contributed by atoms with van der Waals surface area (Å²) in [6.07, 6.45) is 0. The SMILES string of the molecule is COC(=O)c1cc2cccc(OCc3ccccc3)c2[nH]1. The first-order chi connectivity index (χ1) is 10.3. The van der Waals surface area contributed by atoms with Gasteiger partial charge in [0.15, 0.2) is 0 Å². The molecule has 1 N–H and O–H groups in total. The van der Waals surface area contributed by atoms with Crippen LogP contribution in [-0.4, -0.2) is 18.1 Å². The van der Waals surface area contributed by atoms with E-state index in [1.54, 1.807) is 6.07 Å². The Morgan fingerprint density at radius 1 is 1.10 bits per heavy atom. The van der Waals surface area contributed by atoms with Gasteiger partial charge in [-0.25, -0.2) is 4.79 Å². The van der Waals surface area contributed by atoms with Gasteiger partial charge in [0.2, 0.25) is 0 Å². The average Bonchev–Trinajstić information content (AvgIpc) is 2.97. The van der Waals surface area contributed by atoms with Gasteiger partial charge in [0.1, 0.15) is 18.1 Å². The van der Waals surface area contributed by atoms with Crippen LogP contribution in [0.5, 0.6) is 5.75 Å². The number of benzene rings is 2. The van der Waals surface area contributed by atoms with E-state index in [0.717, 1.165) is 16.5 Å². The van der Waals surface area contributed by atoms with Crippen LogP contribution in [0.15, 0.2) is 54.6 Å². The molecule has 4 heteroatoms. The molecule has 0 saturated carbocycles. The number of aromatic amines is 1. The summed E-state index contributed by atoms with van der Waals surface area (Å²) in [4.78, 5) is 14.6. The highest BCUT2D eigenvalue weighted by atomic mass is 16.5.